The van der Waals surface area contributed by atoms with Gasteiger partial charge >= 0.3 is 6.16 Å². The van der Waals surface area contributed by atoms with Crippen molar-refractivity contribution in [3.63, 3.8) is 0 Å². The summed E-state index contributed by atoms with van der Waals surface area (Å²) in [4.78, 5) is 11.1. The van der Waals surface area contributed by atoms with Crippen LogP contribution in [-0.4, -0.2) is 12.8 Å². The summed E-state index contributed by atoms with van der Waals surface area (Å²) in [5.74, 6) is 3.00. The van der Waals surface area contributed by atoms with Gasteiger partial charge in [-0.1, -0.05) is 18.1 Å². The zero-order valence-corrected chi connectivity index (χ0v) is 11.2. The van der Waals surface area contributed by atoms with E-state index in [1.807, 2.05) is 28.7 Å². The number of hydrogen-bond acceptors (Lipinski definition) is 3. The van der Waals surface area contributed by atoms with Crippen LogP contribution < -0.4 is 4.74 Å². The van der Waals surface area contributed by atoms with Gasteiger partial charge in [-0.3, -0.25) is 0 Å². The van der Waals surface area contributed by atoms with Crippen molar-refractivity contribution >= 4 is 44.7 Å². The molecule has 0 radical (unpaired) electrons. The predicted molar refractivity (Wildman–Crippen MR) is 67.9 cm³/mol. The normalized spacial score (nSPS) is 8.67. The Morgan fingerprint density at radius 2 is 2.20 bits per heavy atom. The van der Waals surface area contributed by atoms with Crippen LogP contribution >= 0.6 is 38.5 Å². The lowest BCUT2D eigenvalue weighted by Gasteiger charge is -2.04. The van der Waals surface area contributed by atoms with Crippen molar-refractivity contribution in [2.75, 3.05) is 6.61 Å². The molecule has 0 aliphatic rings. The molecule has 0 amide bonds. The van der Waals surface area contributed by atoms with E-state index in [1.54, 1.807) is 18.2 Å². The predicted octanol–water partition coefficient (Wildman–Crippen LogP) is 3.36. The maximum absolute atomic E-state index is 11.1. The SMILES string of the molecule is O=C(OCC#CI)Oc1ccccc1Br. The second-order valence-corrected chi connectivity index (χ2v) is 3.74. The molecule has 0 N–H and O–H groups in total. The van der Waals surface area contributed by atoms with Gasteiger partial charge in [-0.2, -0.15) is 0 Å². The second-order valence-electron chi connectivity index (χ2n) is 2.34. The molecule has 3 nitrogen and oxygen atoms in total. The molecule has 0 saturated heterocycles. The van der Waals surface area contributed by atoms with Gasteiger partial charge in [0.05, 0.1) is 4.47 Å². The van der Waals surface area contributed by atoms with Gasteiger partial charge in [0, 0.05) is 22.6 Å². The van der Waals surface area contributed by atoms with Crippen LogP contribution in [0, 0.1) is 9.85 Å². The van der Waals surface area contributed by atoms with Gasteiger partial charge in [0.1, 0.15) is 5.75 Å². The minimum absolute atomic E-state index is 0.0340. The number of benzene rings is 1. The van der Waals surface area contributed by atoms with E-state index in [2.05, 4.69) is 30.5 Å². The van der Waals surface area contributed by atoms with Crippen molar-refractivity contribution in [3.8, 4) is 15.6 Å². The molecule has 0 heterocycles. The van der Waals surface area contributed by atoms with Crippen LogP contribution in [0.25, 0.3) is 0 Å². The highest BCUT2D eigenvalue weighted by molar-refractivity contribution is 14.1. The summed E-state index contributed by atoms with van der Waals surface area (Å²) in [6, 6.07) is 7.02. The third-order valence-corrected chi connectivity index (χ3v) is 2.40. The zero-order chi connectivity index (χ0) is 11.1. The summed E-state index contributed by atoms with van der Waals surface area (Å²) in [6.07, 6.45) is -0.763. The molecule has 0 fully saturated rings. The standard InChI is InChI=1S/C10H6BrIO3/c11-8-4-1-2-5-9(8)15-10(13)14-7-3-6-12/h1-2,4-5H,7H2. The summed E-state index contributed by atoms with van der Waals surface area (Å²) in [5.41, 5.74) is 0. The van der Waals surface area contributed by atoms with Gasteiger partial charge in [0.2, 0.25) is 0 Å². The Hall–Kier alpha value is -0.740. The van der Waals surface area contributed by atoms with Crippen LogP contribution in [0.4, 0.5) is 4.79 Å². The van der Waals surface area contributed by atoms with E-state index in [1.165, 1.54) is 0 Å². The first-order valence-corrected chi connectivity index (χ1v) is 5.79. The van der Waals surface area contributed by atoms with E-state index < -0.39 is 6.16 Å². The average Bonchev–Trinajstić information content (AvgIpc) is 2.22. The Balaban J connectivity index is 2.50. The summed E-state index contributed by atoms with van der Waals surface area (Å²) in [6.45, 7) is 0.0340. The van der Waals surface area contributed by atoms with Crippen LogP contribution in [0.2, 0.25) is 0 Å². The lowest BCUT2D eigenvalue weighted by atomic mass is 10.3. The maximum atomic E-state index is 11.1. The van der Waals surface area contributed by atoms with E-state index in [9.17, 15) is 4.79 Å². The van der Waals surface area contributed by atoms with E-state index >= 15 is 0 Å². The van der Waals surface area contributed by atoms with Crippen LogP contribution in [0.15, 0.2) is 28.7 Å². The topological polar surface area (TPSA) is 35.5 Å². The lowest BCUT2D eigenvalue weighted by Crippen LogP contribution is -2.10. The van der Waals surface area contributed by atoms with Crippen molar-refractivity contribution in [2.45, 2.75) is 0 Å². The summed E-state index contributed by atoms with van der Waals surface area (Å²) in [7, 11) is 0. The Morgan fingerprint density at radius 3 is 2.87 bits per heavy atom. The number of carbonyl (C=O) groups is 1. The van der Waals surface area contributed by atoms with Gasteiger partial charge in [0.15, 0.2) is 6.61 Å². The van der Waals surface area contributed by atoms with E-state index in [-0.39, 0.29) is 6.61 Å². The number of ether oxygens (including phenoxy) is 2. The molecule has 1 aromatic rings. The fourth-order valence-corrected chi connectivity index (χ4v) is 1.29. The molecule has 0 unspecified atom stereocenters. The molecular weight excluding hydrogens is 375 g/mol. The van der Waals surface area contributed by atoms with Crippen LogP contribution in [0.3, 0.4) is 0 Å². The first kappa shape index (κ1) is 12.3. The van der Waals surface area contributed by atoms with Crippen LogP contribution in [-0.2, 0) is 4.74 Å². The maximum Gasteiger partial charge on any atom is 0.514 e. The largest absolute Gasteiger partial charge is 0.514 e. The number of halogens is 2. The molecule has 15 heavy (non-hydrogen) atoms. The molecule has 78 valence electrons. The average molecular weight is 381 g/mol. The molecule has 1 rings (SSSR count). The molecular formula is C10H6BrIO3. The van der Waals surface area contributed by atoms with Gasteiger partial charge in [0.25, 0.3) is 0 Å². The van der Waals surface area contributed by atoms with Gasteiger partial charge < -0.3 is 9.47 Å². The van der Waals surface area contributed by atoms with Crippen molar-refractivity contribution in [1.29, 1.82) is 0 Å². The van der Waals surface area contributed by atoms with E-state index in [0.717, 1.165) is 0 Å². The first-order valence-electron chi connectivity index (χ1n) is 3.91. The third kappa shape index (κ3) is 4.53. The molecule has 0 saturated carbocycles. The Labute approximate surface area is 109 Å². The molecule has 0 atom stereocenters. The second kappa shape index (κ2) is 6.69. The molecule has 0 aliphatic heterocycles. The highest BCUT2D eigenvalue weighted by Crippen LogP contribution is 2.23. The van der Waals surface area contributed by atoms with Crippen molar-refractivity contribution in [3.05, 3.63) is 28.7 Å². The quantitative estimate of drug-likeness (QED) is 0.341. The summed E-state index contributed by atoms with van der Waals surface area (Å²) in [5, 5.41) is 0. The summed E-state index contributed by atoms with van der Waals surface area (Å²) >= 11 is 5.11. The Kier molecular flexibility index (Phi) is 5.50. The molecule has 0 aliphatic carbocycles. The lowest BCUT2D eigenvalue weighted by molar-refractivity contribution is 0.111. The Morgan fingerprint density at radius 1 is 1.47 bits per heavy atom. The van der Waals surface area contributed by atoms with E-state index in [4.69, 9.17) is 4.74 Å². The smallest absolute Gasteiger partial charge is 0.421 e. The highest BCUT2D eigenvalue weighted by Gasteiger charge is 2.07. The number of para-hydroxylation sites is 1. The molecule has 5 heteroatoms. The van der Waals surface area contributed by atoms with Gasteiger partial charge in [-0.05, 0) is 32.0 Å². The fourth-order valence-electron chi connectivity index (χ4n) is 0.769. The first-order chi connectivity index (χ1) is 7.24. The molecule has 0 aromatic heterocycles. The molecule has 0 bridgehead atoms. The summed E-state index contributed by atoms with van der Waals surface area (Å²) < 4.78 is 12.9. The number of rotatable bonds is 2. The van der Waals surface area contributed by atoms with E-state index in [0.29, 0.717) is 10.2 Å². The molecule has 1 aromatic carbocycles. The number of hydrogen-bond donors (Lipinski definition) is 0. The van der Waals surface area contributed by atoms with Gasteiger partial charge in [-0.15, -0.1) is 0 Å². The Bertz CT molecular complexity index is 409. The fraction of sp³-hybridized carbons (Fsp3) is 0.100. The van der Waals surface area contributed by atoms with Crippen molar-refractivity contribution in [1.82, 2.24) is 0 Å². The zero-order valence-electron chi connectivity index (χ0n) is 7.50. The van der Waals surface area contributed by atoms with Gasteiger partial charge in [-0.25, -0.2) is 4.79 Å². The minimum Gasteiger partial charge on any atom is -0.421 e. The highest BCUT2D eigenvalue weighted by atomic mass is 127. The van der Waals surface area contributed by atoms with Crippen molar-refractivity contribution in [2.24, 2.45) is 0 Å². The third-order valence-electron chi connectivity index (χ3n) is 1.36. The van der Waals surface area contributed by atoms with Crippen molar-refractivity contribution < 1.29 is 14.3 Å². The van der Waals surface area contributed by atoms with Crippen LogP contribution in [0.1, 0.15) is 0 Å². The molecule has 0 spiro atoms. The number of carbonyl (C=O) groups excluding carboxylic acids is 1. The monoisotopic (exact) mass is 380 g/mol. The minimum atomic E-state index is -0.763. The van der Waals surface area contributed by atoms with Crippen LogP contribution in [0.5, 0.6) is 5.75 Å².